The molecule has 3 N–H and O–H groups in total. The Morgan fingerprint density at radius 3 is 2.38 bits per heavy atom. The number of benzene rings is 1. The molecule has 0 spiro atoms. The first-order chi connectivity index (χ1) is 12.1. The molecule has 1 aromatic carbocycles. The van der Waals surface area contributed by atoms with Gasteiger partial charge in [0, 0.05) is 12.2 Å². The van der Waals surface area contributed by atoms with Gasteiger partial charge >= 0.3 is 5.97 Å². The Morgan fingerprint density at radius 2 is 1.88 bits per heavy atom. The smallest absolute Gasteiger partial charge is 0.307 e. The van der Waals surface area contributed by atoms with Crippen molar-refractivity contribution in [1.82, 2.24) is 4.72 Å². The van der Waals surface area contributed by atoms with Gasteiger partial charge in [0.2, 0.25) is 15.8 Å². The summed E-state index contributed by atoms with van der Waals surface area (Å²) in [5.41, 5.74) is 5.07. The van der Waals surface area contributed by atoms with Crippen molar-refractivity contribution in [2.45, 2.75) is 18.2 Å². The molecule has 0 saturated carbocycles. The number of nitrogens with one attached hydrogen (secondary N) is 1. The second-order valence-electron chi connectivity index (χ2n) is 4.95. The molecule has 1 rings (SSSR count). The van der Waals surface area contributed by atoms with Gasteiger partial charge in [-0.1, -0.05) is 29.3 Å². The third kappa shape index (κ3) is 6.00. The first kappa shape index (κ1) is 21.9. The number of rotatable bonds is 8. The summed E-state index contributed by atoms with van der Waals surface area (Å²) in [5, 5.41) is 8.64. The number of nitriles is 1. The highest BCUT2D eigenvalue weighted by Crippen LogP contribution is 2.28. The summed E-state index contributed by atoms with van der Waals surface area (Å²) >= 11 is 11.7. The fourth-order valence-electron chi connectivity index (χ4n) is 1.76. The molecule has 0 aromatic heterocycles. The van der Waals surface area contributed by atoms with E-state index in [0.717, 1.165) is 0 Å². The average Bonchev–Trinajstić information content (AvgIpc) is 2.52. The topological polar surface area (TPSA) is 139 Å². The van der Waals surface area contributed by atoms with E-state index in [4.69, 9.17) is 34.2 Å². The van der Waals surface area contributed by atoms with E-state index in [-0.39, 0.29) is 39.2 Å². The number of hydrogen-bond donors (Lipinski definition) is 2. The Hall–Kier alpha value is -2.12. The van der Waals surface area contributed by atoms with E-state index in [1.807, 2.05) is 0 Å². The lowest BCUT2D eigenvalue weighted by Crippen LogP contribution is -2.28. The maximum Gasteiger partial charge on any atom is 0.307 e. The highest BCUT2D eigenvalue weighted by molar-refractivity contribution is 7.89. The summed E-state index contributed by atoms with van der Waals surface area (Å²) in [6, 6.07) is 5.83. The van der Waals surface area contributed by atoms with Crippen molar-refractivity contribution in [3.63, 3.8) is 0 Å². The number of ketones is 1. The Morgan fingerprint density at radius 1 is 1.31 bits per heavy atom. The number of carbonyl (C=O) groups excluding carboxylic acids is 2. The largest absolute Gasteiger partial charge is 0.457 e. The lowest BCUT2D eigenvalue weighted by Gasteiger charge is -2.10. The summed E-state index contributed by atoms with van der Waals surface area (Å²) in [4.78, 5) is 22.9. The molecule has 0 heterocycles. The van der Waals surface area contributed by atoms with Crippen LogP contribution in [0.1, 0.15) is 13.3 Å². The van der Waals surface area contributed by atoms with Crippen molar-refractivity contribution in [3.05, 3.63) is 39.5 Å². The van der Waals surface area contributed by atoms with Crippen molar-refractivity contribution >= 4 is 45.0 Å². The Bertz CT molecular complexity index is 867. The van der Waals surface area contributed by atoms with Gasteiger partial charge in [-0.05, 0) is 19.1 Å². The van der Waals surface area contributed by atoms with Crippen LogP contribution in [-0.2, 0) is 24.3 Å². The van der Waals surface area contributed by atoms with Gasteiger partial charge in [0.15, 0.2) is 6.61 Å². The molecule has 0 atom stereocenters. The number of esters is 1. The summed E-state index contributed by atoms with van der Waals surface area (Å²) in [6.07, 6.45) is -0.345. The molecule has 11 heteroatoms. The Balaban J connectivity index is 2.58. The molecule has 0 unspecified atom stereocenters. The van der Waals surface area contributed by atoms with Gasteiger partial charge in [-0.2, -0.15) is 5.26 Å². The van der Waals surface area contributed by atoms with Crippen molar-refractivity contribution in [1.29, 1.82) is 5.26 Å². The van der Waals surface area contributed by atoms with Gasteiger partial charge in [-0.3, -0.25) is 9.59 Å². The van der Waals surface area contributed by atoms with E-state index >= 15 is 0 Å². The number of sulfonamides is 1. The zero-order valence-corrected chi connectivity index (χ0v) is 15.9. The summed E-state index contributed by atoms with van der Waals surface area (Å²) in [6.45, 7) is 0.403. The van der Waals surface area contributed by atoms with Crippen LogP contribution < -0.4 is 10.5 Å². The monoisotopic (exact) mass is 419 g/mol. The highest BCUT2D eigenvalue weighted by Gasteiger charge is 2.21. The molecule has 0 radical (unpaired) electrons. The minimum atomic E-state index is -4.03. The van der Waals surface area contributed by atoms with E-state index < -0.39 is 28.4 Å². The number of halogens is 2. The minimum Gasteiger partial charge on any atom is -0.457 e. The molecule has 0 fully saturated rings. The maximum atomic E-state index is 12.2. The second-order valence-corrected chi connectivity index (χ2v) is 7.47. The predicted octanol–water partition coefficient (Wildman–Crippen LogP) is 1.53. The van der Waals surface area contributed by atoms with E-state index in [0.29, 0.717) is 0 Å². The van der Waals surface area contributed by atoms with Gasteiger partial charge in [0.25, 0.3) is 0 Å². The third-order valence-electron chi connectivity index (χ3n) is 2.96. The summed E-state index contributed by atoms with van der Waals surface area (Å²) in [7, 11) is -4.03. The predicted molar refractivity (Wildman–Crippen MR) is 94.7 cm³/mol. The molecular weight excluding hydrogens is 405 g/mol. The number of nitrogens with zero attached hydrogens (tertiary/aromatic N) is 1. The van der Waals surface area contributed by atoms with Crippen LogP contribution in [0.4, 0.5) is 0 Å². The lowest BCUT2D eigenvalue weighted by atomic mass is 10.1. The first-order valence-electron chi connectivity index (χ1n) is 7.09. The number of nitrogens with two attached hydrogens (primary N) is 1. The van der Waals surface area contributed by atoms with Crippen molar-refractivity contribution in [2.75, 3.05) is 13.2 Å². The number of allylic oxidation sites excluding steroid dienone is 1. The van der Waals surface area contributed by atoms with Gasteiger partial charge in [0.05, 0.1) is 16.5 Å². The number of hydrogen-bond acceptors (Lipinski definition) is 7. The van der Waals surface area contributed by atoms with E-state index in [2.05, 4.69) is 9.46 Å². The molecule has 0 aliphatic carbocycles. The molecule has 0 amide bonds. The van der Waals surface area contributed by atoms with Crippen LogP contribution in [0.5, 0.6) is 0 Å². The van der Waals surface area contributed by atoms with Crippen LogP contribution in [-0.4, -0.2) is 33.3 Å². The Kier molecular flexibility index (Phi) is 8.05. The van der Waals surface area contributed by atoms with E-state index in [9.17, 15) is 18.0 Å². The van der Waals surface area contributed by atoms with Crippen molar-refractivity contribution in [2.24, 2.45) is 5.73 Å². The Labute approximate surface area is 160 Å². The molecular formula is C15H15Cl2N3O5S. The third-order valence-corrected chi connectivity index (χ3v) is 5.37. The van der Waals surface area contributed by atoms with Crippen LogP contribution >= 0.6 is 23.2 Å². The molecule has 1 aromatic rings. The molecule has 0 bridgehead atoms. The number of ether oxygens (including phenoxy) is 1. The van der Waals surface area contributed by atoms with E-state index in [1.54, 1.807) is 6.07 Å². The van der Waals surface area contributed by atoms with Gasteiger partial charge in [-0.15, -0.1) is 0 Å². The lowest BCUT2D eigenvalue weighted by molar-refractivity contribution is -0.146. The van der Waals surface area contributed by atoms with Crippen LogP contribution in [0.15, 0.2) is 34.4 Å². The molecule has 8 nitrogen and oxygen atoms in total. The molecule has 0 saturated heterocycles. The van der Waals surface area contributed by atoms with E-state index in [1.165, 1.54) is 25.1 Å². The maximum absolute atomic E-state index is 12.2. The van der Waals surface area contributed by atoms with Crippen LogP contribution in [0, 0.1) is 11.3 Å². The van der Waals surface area contributed by atoms with Crippen molar-refractivity contribution < 1.29 is 22.7 Å². The quantitative estimate of drug-likeness (QED) is 0.369. The minimum absolute atomic E-state index is 0.0120. The standard InChI is InChI=1S/C15H15Cl2N3O5S/c1-9(19)10(7-18)13(21)8-25-14(22)5-6-20-26(23,24)15-11(16)3-2-4-12(15)17/h2-4,20H,5-6,8,19H2,1H3. The molecule has 26 heavy (non-hydrogen) atoms. The van der Waals surface area contributed by atoms with Crippen LogP contribution in [0.2, 0.25) is 10.0 Å². The number of carbonyl (C=O) groups is 2. The average molecular weight is 420 g/mol. The summed E-state index contributed by atoms with van der Waals surface area (Å²) < 4.78 is 31.2. The second kappa shape index (κ2) is 9.54. The SMILES string of the molecule is CC(N)=C(C#N)C(=O)COC(=O)CCNS(=O)(=O)c1c(Cl)cccc1Cl. The van der Waals surface area contributed by atoms with Gasteiger partial charge in [0.1, 0.15) is 16.5 Å². The fourth-order valence-corrected chi connectivity index (χ4v) is 3.93. The van der Waals surface area contributed by atoms with Gasteiger partial charge in [-0.25, -0.2) is 13.1 Å². The zero-order valence-electron chi connectivity index (χ0n) is 13.6. The molecule has 0 aliphatic rings. The first-order valence-corrected chi connectivity index (χ1v) is 9.33. The number of Topliss-reactive ketones (excluding diaryl/α,β-unsaturated/α-hetero) is 1. The van der Waals surface area contributed by atoms with Gasteiger partial charge < -0.3 is 10.5 Å². The fraction of sp³-hybridized carbons (Fsp3) is 0.267. The van der Waals surface area contributed by atoms with Crippen LogP contribution in [0.3, 0.4) is 0 Å². The zero-order chi connectivity index (χ0) is 19.9. The molecule has 140 valence electrons. The van der Waals surface area contributed by atoms with Crippen LogP contribution in [0.25, 0.3) is 0 Å². The summed E-state index contributed by atoms with van der Waals surface area (Å²) in [5.74, 6) is -1.58. The van der Waals surface area contributed by atoms with Crippen molar-refractivity contribution in [3.8, 4) is 6.07 Å². The normalized spacial score (nSPS) is 12.1. The molecule has 0 aliphatic heterocycles. The highest BCUT2D eigenvalue weighted by atomic mass is 35.5.